The summed E-state index contributed by atoms with van der Waals surface area (Å²) in [5.41, 5.74) is 12.6. The van der Waals surface area contributed by atoms with Crippen LogP contribution in [0.2, 0.25) is 0 Å². The van der Waals surface area contributed by atoms with Crippen LogP contribution in [0.5, 0.6) is 0 Å². The topological polar surface area (TPSA) is 79.7 Å². The number of nitrogens with two attached hydrogens (primary N) is 2. The van der Waals surface area contributed by atoms with E-state index in [1.54, 1.807) is 0 Å². The average Bonchev–Trinajstić information content (AvgIpc) is 2.30. The Bertz CT molecular complexity index is 360. The van der Waals surface area contributed by atoms with Crippen molar-refractivity contribution < 1.29 is 0 Å². The molecule has 1 aromatic carbocycles. The molecule has 5 N–H and O–H groups in total. The van der Waals surface area contributed by atoms with Crippen molar-refractivity contribution in [2.45, 2.75) is 0 Å². The van der Waals surface area contributed by atoms with Crippen LogP contribution in [0.1, 0.15) is 0 Å². The van der Waals surface area contributed by atoms with Gasteiger partial charge < -0.3 is 21.7 Å². The maximum Gasteiger partial charge on any atom is 0.191 e. The predicted molar refractivity (Wildman–Crippen MR) is 67.0 cm³/mol. The van der Waals surface area contributed by atoms with Crippen LogP contribution in [0.3, 0.4) is 0 Å². The Morgan fingerprint density at radius 1 is 1.12 bits per heavy atom. The van der Waals surface area contributed by atoms with Crippen LogP contribution < -0.4 is 21.7 Å². The molecule has 1 saturated heterocycles. The summed E-state index contributed by atoms with van der Waals surface area (Å²) >= 11 is 0. The molecular weight excluding hydrogens is 202 g/mol. The van der Waals surface area contributed by atoms with Crippen molar-refractivity contribution in [3.05, 3.63) is 24.3 Å². The molecule has 0 radical (unpaired) electrons. The van der Waals surface area contributed by atoms with E-state index in [1.165, 1.54) is 5.69 Å². The van der Waals surface area contributed by atoms with E-state index < -0.39 is 0 Å². The second kappa shape index (κ2) is 4.85. The Kier molecular flexibility index (Phi) is 3.26. The molecule has 0 aromatic heterocycles. The van der Waals surface area contributed by atoms with Crippen LogP contribution in [0.4, 0.5) is 11.4 Å². The van der Waals surface area contributed by atoms with Crippen molar-refractivity contribution in [2.75, 3.05) is 31.1 Å². The molecule has 1 aliphatic rings. The van der Waals surface area contributed by atoms with E-state index >= 15 is 0 Å². The zero-order chi connectivity index (χ0) is 11.4. The number of hydrogen-bond donors (Lipinski definition) is 3. The van der Waals surface area contributed by atoms with Gasteiger partial charge in [0.1, 0.15) is 0 Å². The van der Waals surface area contributed by atoms with Crippen molar-refractivity contribution in [3.63, 3.8) is 0 Å². The molecule has 0 unspecified atom stereocenters. The Balaban J connectivity index is 2.09. The predicted octanol–water partition coefficient (Wildman–Crippen LogP) is 0.00110. The van der Waals surface area contributed by atoms with Crippen LogP contribution in [0, 0.1) is 0 Å². The zero-order valence-electron chi connectivity index (χ0n) is 9.19. The number of aliphatic imine (C=N–C) groups is 1. The van der Waals surface area contributed by atoms with Crippen LogP contribution >= 0.6 is 0 Å². The quantitative estimate of drug-likeness (QED) is 0.483. The molecule has 0 saturated carbocycles. The van der Waals surface area contributed by atoms with Crippen molar-refractivity contribution in [3.8, 4) is 0 Å². The number of nitrogens with one attached hydrogen (secondary N) is 1. The second-order valence-corrected chi connectivity index (χ2v) is 3.79. The van der Waals surface area contributed by atoms with Gasteiger partial charge in [0.15, 0.2) is 5.96 Å². The largest absolute Gasteiger partial charge is 0.370 e. The van der Waals surface area contributed by atoms with Gasteiger partial charge in [0.25, 0.3) is 0 Å². The summed E-state index contributed by atoms with van der Waals surface area (Å²) in [7, 11) is 0. The number of anilines is 1. The minimum absolute atomic E-state index is 0.0925. The van der Waals surface area contributed by atoms with Gasteiger partial charge in [-0.25, -0.2) is 4.99 Å². The van der Waals surface area contributed by atoms with Crippen LogP contribution in [-0.2, 0) is 0 Å². The summed E-state index contributed by atoms with van der Waals surface area (Å²) < 4.78 is 0. The standard InChI is InChI=1S/C11H17N5/c12-11(13)15-9-1-3-10(4-2-9)16-7-5-14-6-8-16/h1-4,14H,5-8H2,(H4,12,13,15). The lowest BCUT2D eigenvalue weighted by Crippen LogP contribution is -2.43. The molecule has 0 spiro atoms. The van der Waals surface area contributed by atoms with Crippen LogP contribution in [0.25, 0.3) is 0 Å². The number of hydrogen-bond acceptors (Lipinski definition) is 3. The number of benzene rings is 1. The number of guanidine groups is 1. The molecule has 0 atom stereocenters. The van der Waals surface area contributed by atoms with E-state index in [2.05, 4.69) is 15.2 Å². The van der Waals surface area contributed by atoms with Crippen molar-refractivity contribution in [1.29, 1.82) is 0 Å². The zero-order valence-corrected chi connectivity index (χ0v) is 9.19. The second-order valence-electron chi connectivity index (χ2n) is 3.79. The summed E-state index contributed by atoms with van der Waals surface area (Å²) in [5, 5.41) is 3.33. The lowest BCUT2D eigenvalue weighted by molar-refractivity contribution is 0.589. The average molecular weight is 219 g/mol. The van der Waals surface area contributed by atoms with Crippen molar-refractivity contribution >= 4 is 17.3 Å². The van der Waals surface area contributed by atoms with E-state index in [4.69, 9.17) is 11.5 Å². The fourth-order valence-electron chi connectivity index (χ4n) is 1.81. The highest BCUT2D eigenvalue weighted by Gasteiger charge is 2.09. The first-order valence-electron chi connectivity index (χ1n) is 5.41. The molecule has 1 heterocycles. The molecule has 86 valence electrons. The van der Waals surface area contributed by atoms with Gasteiger partial charge in [-0.1, -0.05) is 0 Å². The molecule has 16 heavy (non-hydrogen) atoms. The van der Waals surface area contributed by atoms with Crippen LogP contribution in [-0.4, -0.2) is 32.1 Å². The van der Waals surface area contributed by atoms with E-state index in [0.29, 0.717) is 0 Å². The number of piperazine rings is 1. The summed E-state index contributed by atoms with van der Waals surface area (Å²) in [5.74, 6) is 0.0925. The summed E-state index contributed by atoms with van der Waals surface area (Å²) in [6, 6.07) is 7.95. The Hall–Kier alpha value is -1.75. The fraction of sp³-hybridized carbons (Fsp3) is 0.364. The molecule has 2 rings (SSSR count). The Labute approximate surface area is 95.1 Å². The number of nitrogens with zero attached hydrogens (tertiary/aromatic N) is 2. The third-order valence-corrected chi connectivity index (χ3v) is 2.59. The fourth-order valence-corrected chi connectivity index (χ4v) is 1.81. The minimum Gasteiger partial charge on any atom is -0.370 e. The lowest BCUT2D eigenvalue weighted by Gasteiger charge is -2.29. The highest BCUT2D eigenvalue weighted by atomic mass is 15.2. The molecule has 5 nitrogen and oxygen atoms in total. The maximum absolute atomic E-state index is 5.31. The molecule has 0 bridgehead atoms. The number of rotatable bonds is 2. The third kappa shape index (κ3) is 2.64. The van der Waals surface area contributed by atoms with E-state index in [1.807, 2.05) is 24.3 Å². The monoisotopic (exact) mass is 219 g/mol. The van der Waals surface area contributed by atoms with Gasteiger partial charge in [0, 0.05) is 31.9 Å². The minimum atomic E-state index is 0.0925. The molecule has 0 amide bonds. The molecule has 1 aromatic rings. The first kappa shape index (κ1) is 10.8. The van der Waals surface area contributed by atoms with Gasteiger partial charge in [0.05, 0.1) is 5.69 Å². The van der Waals surface area contributed by atoms with Gasteiger partial charge in [-0.05, 0) is 24.3 Å². The van der Waals surface area contributed by atoms with Gasteiger partial charge >= 0.3 is 0 Å². The van der Waals surface area contributed by atoms with Gasteiger partial charge in [0.2, 0.25) is 0 Å². The Morgan fingerprint density at radius 2 is 1.75 bits per heavy atom. The third-order valence-electron chi connectivity index (χ3n) is 2.59. The summed E-state index contributed by atoms with van der Waals surface area (Å²) in [4.78, 5) is 6.33. The summed E-state index contributed by atoms with van der Waals surface area (Å²) in [6.45, 7) is 4.16. The SMILES string of the molecule is NC(N)=Nc1ccc(N2CCNCC2)cc1. The molecular formula is C11H17N5. The molecule has 0 aliphatic carbocycles. The smallest absolute Gasteiger partial charge is 0.191 e. The van der Waals surface area contributed by atoms with E-state index in [0.717, 1.165) is 31.9 Å². The molecule has 1 aliphatic heterocycles. The first-order chi connectivity index (χ1) is 7.75. The molecule has 5 heteroatoms. The summed E-state index contributed by atoms with van der Waals surface area (Å²) in [6.07, 6.45) is 0. The normalized spacial score (nSPS) is 15.9. The highest BCUT2D eigenvalue weighted by Crippen LogP contribution is 2.19. The van der Waals surface area contributed by atoms with Gasteiger partial charge in [-0.3, -0.25) is 0 Å². The lowest BCUT2D eigenvalue weighted by atomic mass is 10.2. The van der Waals surface area contributed by atoms with E-state index in [-0.39, 0.29) is 5.96 Å². The van der Waals surface area contributed by atoms with Crippen LogP contribution in [0.15, 0.2) is 29.3 Å². The van der Waals surface area contributed by atoms with Crippen molar-refractivity contribution in [1.82, 2.24) is 5.32 Å². The maximum atomic E-state index is 5.31. The van der Waals surface area contributed by atoms with Gasteiger partial charge in [-0.15, -0.1) is 0 Å². The van der Waals surface area contributed by atoms with E-state index in [9.17, 15) is 0 Å². The molecule has 1 fully saturated rings. The highest BCUT2D eigenvalue weighted by molar-refractivity contribution is 5.79. The first-order valence-corrected chi connectivity index (χ1v) is 5.41. The Morgan fingerprint density at radius 3 is 2.31 bits per heavy atom. The van der Waals surface area contributed by atoms with Gasteiger partial charge in [-0.2, -0.15) is 0 Å². The van der Waals surface area contributed by atoms with Crippen molar-refractivity contribution in [2.24, 2.45) is 16.5 Å².